The van der Waals surface area contributed by atoms with Gasteiger partial charge in [-0.3, -0.25) is 0 Å². The van der Waals surface area contributed by atoms with E-state index in [-0.39, 0.29) is 0 Å². The van der Waals surface area contributed by atoms with E-state index in [0.717, 1.165) is 39.1 Å². The van der Waals surface area contributed by atoms with Crippen LogP contribution in [0.25, 0.3) is 21.8 Å². The zero-order chi connectivity index (χ0) is 15.5. The van der Waals surface area contributed by atoms with Crippen molar-refractivity contribution >= 4 is 33.6 Å². The van der Waals surface area contributed by atoms with Crippen molar-refractivity contribution < 1.29 is 9.47 Å². The molecule has 2 N–H and O–H groups in total. The number of nitrogens with zero attached hydrogens (tertiary/aromatic N) is 1. The first kappa shape index (κ1) is 14.9. The predicted octanol–water partition coefficient (Wildman–Crippen LogP) is 3.46. The first-order valence-electron chi connectivity index (χ1n) is 7.05. The highest BCUT2D eigenvalue weighted by Gasteiger charge is 2.11. The molecule has 0 saturated heterocycles. The second kappa shape index (κ2) is 6.42. The van der Waals surface area contributed by atoms with E-state index in [4.69, 9.17) is 20.2 Å². The largest absolute Gasteiger partial charge is 0.497 e. The molecule has 0 saturated carbocycles. The van der Waals surface area contributed by atoms with Crippen molar-refractivity contribution in [1.82, 2.24) is 4.98 Å². The number of pyridine rings is 1. The second-order valence-corrected chi connectivity index (χ2v) is 5.95. The van der Waals surface area contributed by atoms with Gasteiger partial charge in [0.05, 0.1) is 25.3 Å². The lowest BCUT2D eigenvalue weighted by atomic mass is 10.1. The zero-order valence-corrected chi connectivity index (χ0v) is 13.4. The Balaban J connectivity index is 2.33. The predicted molar refractivity (Wildman–Crippen MR) is 92.1 cm³/mol. The quantitative estimate of drug-likeness (QED) is 0.577. The SMILES string of the molecule is COc1ccc2nc3ccc(OC)cc3c(SCCN)c2c1. The van der Waals surface area contributed by atoms with E-state index in [9.17, 15) is 0 Å². The van der Waals surface area contributed by atoms with Crippen molar-refractivity contribution in [3.63, 3.8) is 0 Å². The van der Waals surface area contributed by atoms with Crippen LogP contribution in [0.1, 0.15) is 0 Å². The monoisotopic (exact) mass is 314 g/mol. The summed E-state index contributed by atoms with van der Waals surface area (Å²) in [6, 6.07) is 11.9. The average molecular weight is 314 g/mol. The molecule has 0 unspecified atom stereocenters. The summed E-state index contributed by atoms with van der Waals surface area (Å²) in [6.07, 6.45) is 0. The van der Waals surface area contributed by atoms with Crippen LogP contribution in [0.2, 0.25) is 0 Å². The lowest BCUT2D eigenvalue weighted by Gasteiger charge is -2.12. The zero-order valence-electron chi connectivity index (χ0n) is 12.6. The van der Waals surface area contributed by atoms with Gasteiger partial charge in [0.2, 0.25) is 0 Å². The molecule has 0 bridgehead atoms. The standard InChI is InChI=1S/C17H18N2O2S/c1-20-11-3-5-15-13(9-11)17(22-8-7-18)14-10-12(21-2)4-6-16(14)19-15/h3-6,9-10H,7-8,18H2,1-2H3. The van der Waals surface area contributed by atoms with Crippen molar-refractivity contribution in [3.8, 4) is 11.5 Å². The third-order valence-electron chi connectivity index (χ3n) is 3.50. The smallest absolute Gasteiger partial charge is 0.119 e. The maximum absolute atomic E-state index is 5.69. The summed E-state index contributed by atoms with van der Waals surface area (Å²) in [6.45, 7) is 0.629. The lowest BCUT2D eigenvalue weighted by molar-refractivity contribution is 0.415. The Hall–Kier alpha value is -1.98. The summed E-state index contributed by atoms with van der Waals surface area (Å²) in [5, 5.41) is 2.16. The topological polar surface area (TPSA) is 57.4 Å². The van der Waals surface area contributed by atoms with Gasteiger partial charge in [0, 0.05) is 28.0 Å². The summed E-state index contributed by atoms with van der Waals surface area (Å²) in [4.78, 5) is 5.91. The van der Waals surface area contributed by atoms with Crippen LogP contribution in [0.15, 0.2) is 41.3 Å². The summed E-state index contributed by atoms with van der Waals surface area (Å²) in [5.41, 5.74) is 7.60. The van der Waals surface area contributed by atoms with Crippen molar-refractivity contribution in [2.24, 2.45) is 5.73 Å². The van der Waals surface area contributed by atoms with E-state index < -0.39 is 0 Å². The number of fused-ring (bicyclic) bond motifs is 2. The normalized spacial score (nSPS) is 11.0. The minimum atomic E-state index is 0.629. The van der Waals surface area contributed by atoms with Crippen LogP contribution < -0.4 is 15.2 Å². The van der Waals surface area contributed by atoms with Gasteiger partial charge in [-0.1, -0.05) is 0 Å². The molecule has 0 atom stereocenters. The molecule has 2 aromatic carbocycles. The van der Waals surface area contributed by atoms with E-state index in [1.54, 1.807) is 26.0 Å². The second-order valence-electron chi connectivity index (χ2n) is 4.84. The Bertz CT molecular complexity index is 758. The van der Waals surface area contributed by atoms with E-state index in [2.05, 4.69) is 0 Å². The fraction of sp³-hybridized carbons (Fsp3) is 0.235. The number of hydrogen-bond acceptors (Lipinski definition) is 5. The Labute approximate surface area is 133 Å². The molecule has 0 spiro atoms. The van der Waals surface area contributed by atoms with Crippen LogP contribution in [0, 0.1) is 0 Å². The molecule has 22 heavy (non-hydrogen) atoms. The van der Waals surface area contributed by atoms with Gasteiger partial charge in [-0.25, -0.2) is 4.98 Å². The van der Waals surface area contributed by atoms with Crippen LogP contribution in [0.3, 0.4) is 0 Å². The summed E-state index contributed by atoms with van der Waals surface area (Å²) >= 11 is 1.74. The molecule has 0 aliphatic carbocycles. The van der Waals surface area contributed by atoms with E-state index in [0.29, 0.717) is 6.54 Å². The molecule has 1 heterocycles. The number of benzene rings is 2. The Morgan fingerprint density at radius 1 is 0.955 bits per heavy atom. The van der Waals surface area contributed by atoms with Crippen molar-refractivity contribution in [2.45, 2.75) is 4.90 Å². The van der Waals surface area contributed by atoms with Crippen molar-refractivity contribution in [1.29, 1.82) is 0 Å². The van der Waals surface area contributed by atoms with Crippen molar-refractivity contribution in [3.05, 3.63) is 36.4 Å². The van der Waals surface area contributed by atoms with Gasteiger partial charge in [-0.15, -0.1) is 11.8 Å². The van der Waals surface area contributed by atoms with E-state index >= 15 is 0 Å². The number of rotatable bonds is 5. The highest BCUT2D eigenvalue weighted by atomic mass is 32.2. The fourth-order valence-electron chi connectivity index (χ4n) is 2.43. The molecule has 0 aliphatic rings. The molecule has 0 amide bonds. The fourth-order valence-corrected chi connectivity index (χ4v) is 3.39. The molecule has 3 aromatic rings. The van der Waals surface area contributed by atoms with Gasteiger partial charge in [-0.2, -0.15) is 0 Å². The Morgan fingerprint density at radius 3 is 1.95 bits per heavy atom. The van der Waals surface area contributed by atoms with Gasteiger partial charge < -0.3 is 15.2 Å². The minimum Gasteiger partial charge on any atom is -0.497 e. The molecular formula is C17H18N2O2S. The molecule has 0 aliphatic heterocycles. The van der Waals surface area contributed by atoms with Gasteiger partial charge in [-0.05, 0) is 36.4 Å². The first-order valence-corrected chi connectivity index (χ1v) is 8.03. The minimum absolute atomic E-state index is 0.629. The molecular weight excluding hydrogens is 296 g/mol. The third kappa shape index (κ3) is 2.69. The number of aromatic nitrogens is 1. The highest BCUT2D eigenvalue weighted by molar-refractivity contribution is 7.99. The van der Waals surface area contributed by atoms with E-state index in [1.807, 2.05) is 36.4 Å². The highest BCUT2D eigenvalue weighted by Crippen LogP contribution is 2.37. The van der Waals surface area contributed by atoms with Crippen LogP contribution in [-0.4, -0.2) is 31.5 Å². The molecule has 3 rings (SSSR count). The molecule has 5 heteroatoms. The summed E-state index contributed by atoms with van der Waals surface area (Å²) in [7, 11) is 3.34. The van der Waals surface area contributed by atoms with Crippen LogP contribution in [0.4, 0.5) is 0 Å². The third-order valence-corrected chi connectivity index (χ3v) is 4.67. The van der Waals surface area contributed by atoms with E-state index in [1.165, 1.54) is 4.90 Å². The van der Waals surface area contributed by atoms with Gasteiger partial charge in [0.1, 0.15) is 11.5 Å². The summed E-state index contributed by atoms with van der Waals surface area (Å²) < 4.78 is 10.7. The maximum Gasteiger partial charge on any atom is 0.119 e. The molecule has 0 radical (unpaired) electrons. The number of nitrogens with two attached hydrogens (primary N) is 1. The number of ether oxygens (including phenoxy) is 2. The van der Waals surface area contributed by atoms with Crippen molar-refractivity contribution in [2.75, 3.05) is 26.5 Å². The molecule has 114 valence electrons. The van der Waals surface area contributed by atoms with Crippen LogP contribution >= 0.6 is 11.8 Å². The van der Waals surface area contributed by atoms with Gasteiger partial charge >= 0.3 is 0 Å². The number of methoxy groups -OCH3 is 2. The molecule has 1 aromatic heterocycles. The molecule has 0 fully saturated rings. The van der Waals surface area contributed by atoms with Crippen LogP contribution in [-0.2, 0) is 0 Å². The summed E-state index contributed by atoms with van der Waals surface area (Å²) in [5.74, 6) is 2.50. The maximum atomic E-state index is 5.69. The lowest BCUT2D eigenvalue weighted by Crippen LogP contribution is -2.01. The van der Waals surface area contributed by atoms with Crippen LogP contribution in [0.5, 0.6) is 11.5 Å². The average Bonchev–Trinajstić information content (AvgIpc) is 2.57. The molecule has 4 nitrogen and oxygen atoms in total. The Kier molecular flexibility index (Phi) is 4.36. The Morgan fingerprint density at radius 2 is 1.50 bits per heavy atom. The number of thioether (sulfide) groups is 1. The van der Waals surface area contributed by atoms with Gasteiger partial charge in [0.15, 0.2) is 0 Å². The number of hydrogen-bond donors (Lipinski definition) is 1. The van der Waals surface area contributed by atoms with Gasteiger partial charge in [0.25, 0.3) is 0 Å². The first-order chi connectivity index (χ1) is 10.8.